The molecule has 4 bridgehead atoms. The van der Waals surface area contributed by atoms with Crippen LogP contribution >= 0.6 is 0 Å². The quantitative estimate of drug-likeness (QED) is 0.184. The van der Waals surface area contributed by atoms with Crippen molar-refractivity contribution in [3.63, 3.8) is 0 Å². The van der Waals surface area contributed by atoms with Crippen LogP contribution < -0.4 is 5.32 Å². The zero-order valence-electron chi connectivity index (χ0n) is 30.0. The normalized spacial score (nSPS) is 23.2. The van der Waals surface area contributed by atoms with E-state index in [1.165, 1.54) is 87.7 Å². The summed E-state index contributed by atoms with van der Waals surface area (Å²) in [5.74, 6) is 3.53. The molecule has 53 heavy (non-hydrogen) atoms. The van der Waals surface area contributed by atoms with Crippen molar-refractivity contribution >= 4 is 11.4 Å². The van der Waals surface area contributed by atoms with Crippen LogP contribution in [0.4, 0.5) is 11.4 Å². The molecule has 1 nitrogen and oxygen atoms in total. The van der Waals surface area contributed by atoms with Crippen LogP contribution in [0.5, 0.6) is 0 Å². The first-order valence-corrected chi connectivity index (χ1v) is 19.7. The molecule has 0 aromatic heterocycles. The Bertz CT molecular complexity index is 2460. The molecular formula is C52H43N. The van der Waals surface area contributed by atoms with Crippen LogP contribution in [0.2, 0.25) is 0 Å². The van der Waals surface area contributed by atoms with E-state index < -0.39 is 0 Å². The van der Waals surface area contributed by atoms with Crippen LogP contribution in [0.1, 0.15) is 43.2 Å². The summed E-state index contributed by atoms with van der Waals surface area (Å²) < 4.78 is 0. The fourth-order valence-electron chi connectivity index (χ4n) is 11.5. The lowest BCUT2D eigenvalue weighted by atomic mass is 9.43. The molecule has 5 aliphatic rings. The Morgan fingerprint density at radius 2 is 0.887 bits per heavy atom. The molecule has 5 aliphatic carbocycles. The lowest BCUT2D eigenvalue weighted by Crippen LogP contribution is -2.55. The first-order valence-electron chi connectivity index (χ1n) is 19.7. The van der Waals surface area contributed by atoms with Gasteiger partial charge >= 0.3 is 0 Å². The smallest absolute Gasteiger partial charge is 0.0463 e. The Morgan fingerprint density at radius 1 is 0.358 bits per heavy atom. The fourth-order valence-corrected chi connectivity index (χ4v) is 11.5. The van der Waals surface area contributed by atoms with Crippen LogP contribution in [0.15, 0.2) is 170 Å². The first-order chi connectivity index (χ1) is 26.2. The second-order valence-electron chi connectivity index (χ2n) is 16.3. The van der Waals surface area contributed by atoms with Crippen molar-refractivity contribution in [3.05, 3.63) is 181 Å². The molecule has 0 atom stereocenters. The molecule has 1 N–H and O–H groups in total. The maximum Gasteiger partial charge on any atom is 0.0463 e. The third kappa shape index (κ3) is 4.97. The van der Waals surface area contributed by atoms with E-state index in [0.29, 0.717) is 0 Å². The minimum Gasteiger partial charge on any atom is -0.355 e. The zero-order valence-corrected chi connectivity index (χ0v) is 30.0. The Kier molecular flexibility index (Phi) is 7.12. The zero-order chi connectivity index (χ0) is 34.9. The average molecular weight is 682 g/mol. The number of anilines is 2. The monoisotopic (exact) mass is 681 g/mol. The molecule has 7 aromatic carbocycles. The molecule has 0 amide bonds. The highest BCUT2D eigenvalue weighted by molar-refractivity contribution is 5.87. The molecule has 0 saturated heterocycles. The lowest BCUT2D eigenvalue weighted by molar-refractivity contribution is -0.0399. The van der Waals surface area contributed by atoms with E-state index >= 15 is 0 Å². The van der Waals surface area contributed by atoms with Crippen molar-refractivity contribution in [2.45, 2.75) is 37.5 Å². The lowest BCUT2D eigenvalue weighted by Gasteiger charge is -2.61. The Balaban J connectivity index is 0.886. The van der Waals surface area contributed by atoms with Gasteiger partial charge in [-0.15, -0.1) is 0 Å². The topological polar surface area (TPSA) is 12.0 Å². The highest BCUT2D eigenvalue weighted by Gasteiger charge is 2.61. The number of fused-ring (bicyclic) bond motifs is 3. The number of rotatable bonds is 6. The number of hydrogen-bond acceptors (Lipinski definition) is 1. The molecule has 1 spiro atoms. The highest BCUT2D eigenvalue weighted by Crippen LogP contribution is 2.69. The third-order valence-corrected chi connectivity index (χ3v) is 13.5. The molecule has 0 radical (unpaired) electrons. The van der Waals surface area contributed by atoms with E-state index in [1.54, 1.807) is 11.1 Å². The van der Waals surface area contributed by atoms with Crippen LogP contribution in [0.25, 0.3) is 55.6 Å². The average Bonchev–Trinajstić information content (AvgIpc) is 3.50. The van der Waals surface area contributed by atoms with E-state index in [-0.39, 0.29) is 5.41 Å². The predicted molar refractivity (Wildman–Crippen MR) is 221 cm³/mol. The van der Waals surface area contributed by atoms with Gasteiger partial charge in [-0.1, -0.05) is 140 Å². The minimum absolute atomic E-state index is 0.226. The van der Waals surface area contributed by atoms with Gasteiger partial charge in [0.15, 0.2) is 0 Å². The maximum absolute atomic E-state index is 3.76. The van der Waals surface area contributed by atoms with Gasteiger partial charge in [0.25, 0.3) is 0 Å². The van der Waals surface area contributed by atoms with E-state index in [9.17, 15) is 0 Å². The van der Waals surface area contributed by atoms with Crippen molar-refractivity contribution < 1.29 is 0 Å². The van der Waals surface area contributed by atoms with Crippen LogP contribution in [-0.4, -0.2) is 0 Å². The SMILES string of the molecule is c1ccc(-c2cccc(-c3cccc(Nc4ccccc4-c4ccc(-c5ccc6c(c5)-c5ccccc5C65C6CC7CC(C6)CC5C7)cc4)c3)c2)cc1. The van der Waals surface area contributed by atoms with Crippen molar-refractivity contribution in [3.8, 4) is 55.6 Å². The molecule has 4 saturated carbocycles. The van der Waals surface area contributed by atoms with Gasteiger partial charge in [0, 0.05) is 22.4 Å². The molecule has 4 fully saturated rings. The minimum atomic E-state index is 0.226. The van der Waals surface area contributed by atoms with Crippen LogP contribution in [0.3, 0.4) is 0 Å². The van der Waals surface area contributed by atoms with Gasteiger partial charge in [0.05, 0.1) is 0 Å². The van der Waals surface area contributed by atoms with Gasteiger partial charge < -0.3 is 5.32 Å². The standard InChI is InChI=1S/C52H43N/c1-2-10-36(11-3-1)39-12-8-13-40(31-39)41-14-9-15-45(32-41)53-51-19-7-5-16-46(51)38-22-20-37(21-23-38)42-24-25-50-48(33-42)47-17-4-6-18-49(47)52(50)43-27-34-26-35(29-43)30-44(52)28-34/h1-25,31-35,43-44,53H,26-30H2. The summed E-state index contributed by atoms with van der Waals surface area (Å²) in [5, 5.41) is 3.76. The van der Waals surface area contributed by atoms with Crippen molar-refractivity contribution in [1.82, 2.24) is 0 Å². The van der Waals surface area contributed by atoms with E-state index in [4.69, 9.17) is 0 Å². The summed E-state index contributed by atoms with van der Waals surface area (Å²) in [4.78, 5) is 0. The van der Waals surface area contributed by atoms with Gasteiger partial charge in [-0.2, -0.15) is 0 Å². The van der Waals surface area contributed by atoms with E-state index in [1.807, 2.05) is 0 Å². The van der Waals surface area contributed by atoms with Gasteiger partial charge in [0.1, 0.15) is 0 Å². The predicted octanol–water partition coefficient (Wildman–Crippen LogP) is 13.8. The summed E-state index contributed by atoms with van der Waals surface area (Å²) in [6, 6.07) is 62.9. The molecule has 0 aliphatic heterocycles. The number of nitrogens with one attached hydrogen (secondary N) is 1. The number of para-hydroxylation sites is 1. The summed E-state index contributed by atoms with van der Waals surface area (Å²) in [6.45, 7) is 0. The highest BCUT2D eigenvalue weighted by atomic mass is 14.9. The molecule has 0 unspecified atom stereocenters. The summed E-state index contributed by atoms with van der Waals surface area (Å²) >= 11 is 0. The Labute approximate surface area is 313 Å². The number of hydrogen-bond donors (Lipinski definition) is 1. The van der Waals surface area contributed by atoms with Gasteiger partial charge in [-0.05, 0) is 147 Å². The largest absolute Gasteiger partial charge is 0.355 e. The number of benzene rings is 7. The first kappa shape index (κ1) is 30.9. The second-order valence-corrected chi connectivity index (χ2v) is 16.3. The van der Waals surface area contributed by atoms with Crippen LogP contribution in [-0.2, 0) is 5.41 Å². The second kappa shape index (κ2) is 12.2. The van der Waals surface area contributed by atoms with Gasteiger partial charge in [-0.3, -0.25) is 0 Å². The van der Waals surface area contributed by atoms with Crippen molar-refractivity contribution in [2.75, 3.05) is 5.32 Å². The van der Waals surface area contributed by atoms with E-state index in [0.717, 1.165) is 35.0 Å². The molecule has 7 aromatic rings. The molecule has 12 rings (SSSR count). The van der Waals surface area contributed by atoms with Crippen molar-refractivity contribution in [2.24, 2.45) is 23.7 Å². The molecule has 1 heteroatoms. The Morgan fingerprint density at radius 3 is 1.66 bits per heavy atom. The third-order valence-electron chi connectivity index (χ3n) is 13.5. The summed E-state index contributed by atoms with van der Waals surface area (Å²) in [5.41, 5.74) is 18.5. The molecule has 256 valence electrons. The molecular weight excluding hydrogens is 639 g/mol. The van der Waals surface area contributed by atoms with E-state index in [2.05, 4.69) is 175 Å². The summed E-state index contributed by atoms with van der Waals surface area (Å²) in [6.07, 6.45) is 7.19. The van der Waals surface area contributed by atoms with Gasteiger partial charge in [0.2, 0.25) is 0 Å². The Hall–Kier alpha value is -5.66. The molecule has 0 heterocycles. The fraction of sp³-hybridized carbons (Fsp3) is 0.192. The van der Waals surface area contributed by atoms with Crippen LogP contribution in [0, 0.1) is 23.7 Å². The van der Waals surface area contributed by atoms with Gasteiger partial charge in [-0.25, -0.2) is 0 Å². The maximum atomic E-state index is 3.76. The summed E-state index contributed by atoms with van der Waals surface area (Å²) in [7, 11) is 0. The van der Waals surface area contributed by atoms with Crippen molar-refractivity contribution in [1.29, 1.82) is 0 Å².